The Morgan fingerprint density at radius 2 is 2.46 bits per heavy atom. The largest absolute Gasteiger partial charge is 0.379 e. The van der Waals surface area contributed by atoms with Gasteiger partial charge in [0.2, 0.25) is 0 Å². The molecule has 2 rings (SSSR count). The minimum atomic E-state index is -0.779. The number of nitrogens with zero attached hydrogens (tertiary/aromatic N) is 4. The fourth-order valence-corrected chi connectivity index (χ4v) is 1.60. The van der Waals surface area contributed by atoms with E-state index in [1.54, 1.807) is 28.8 Å². The molecule has 5 nitrogen and oxygen atoms in total. The van der Waals surface area contributed by atoms with E-state index in [0.29, 0.717) is 11.5 Å². The molecule has 0 saturated heterocycles. The second-order valence-corrected chi connectivity index (χ2v) is 3.33. The quantitative estimate of drug-likeness (QED) is 0.753. The normalized spacial score (nSPS) is 13.1. The fraction of sp³-hybridized carbons (Fsp3) is 0.286. The Kier molecular flexibility index (Phi) is 2.07. The van der Waals surface area contributed by atoms with E-state index in [1.807, 2.05) is 0 Å². The average Bonchev–Trinajstić information content (AvgIpc) is 2.72. The zero-order chi connectivity index (χ0) is 9.26. The molecule has 2 aromatic heterocycles. The zero-order valence-corrected chi connectivity index (χ0v) is 7.77. The van der Waals surface area contributed by atoms with Crippen molar-refractivity contribution in [2.24, 2.45) is 7.05 Å². The summed E-state index contributed by atoms with van der Waals surface area (Å²) >= 11 is 1.44. The monoisotopic (exact) mass is 196 g/mol. The maximum Gasteiger partial charge on any atom is 0.167 e. The van der Waals surface area contributed by atoms with Crippen molar-refractivity contribution in [3.63, 3.8) is 0 Å². The Hall–Kier alpha value is -1.27. The molecular weight excluding hydrogens is 188 g/mol. The van der Waals surface area contributed by atoms with Crippen LogP contribution >= 0.6 is 11.3 Å². The van der Waals surface area contributed by atoms with E-state index >= 15 is 0 Å². The van der Waals surface area contributed by atoms with Crippen molar-refractivity contribution in [2.75, 3.05) is 0 Å². The van der Waals surface area contributed by atoms with E-state index < -0.39 is 6.10 Å². The number of aliphatic hydroxyl groups is 1. The first-order valence-electron chi connectivity index (χ1n) is 3.69. The Balaban J connectivity index is 2.33. The Morgan fingerprint density at radius 1 is 1.62 bits per heavy atom. The number of aromatic nitrogens is 4. The molecule has 1 atom stereocenters. The lowest BCUT2D eigenvalue weighted by atomic mass is 10.2. The number of aryl methyl sites for hydroxylation is 1. The van der Waals surface area contributed by atoms with Crippen molar-refractivity contribution in [2.45, 2.75) is 6.10 Å². The third-order valence-electron chi connectivity index (χ3n) is 1.72. The van der Waals surface area contributed by atoms with E-state index in [4.69, 9.17) is 0 Å². The summed E-state index contributed by atoms with van der Waals surface area (Å²) in [6.45, 7) is 0. The summed E-state index contributed by atoms with van der Waals surface area (Å²) in [5.41, 5.74) is 2.29. The number of hydrogen-bond donors (Lipinski definition) is 1. The number of thiazole rings is 1. The lowest BCUT2D eigenvalue weighted by Gasteiger charge is -2.05. The molecule has 0 aliphatic heterocycles. The third-order valence-corrected chi connectivity index (χ3v) is 2.33. The molecular formula is C7H8N4OS. The van der Waals surface area contributed by atoms with E-state index in [2.05, 4.69) is 15.2 Å². The summed E-state index contributed by atoms with van der Waals surface area (Å²) in [6.07, 6.45) is 0.768. The van der Waals surface area contributed by atoms with Gasteiger partial charge in [0.25, 0.3) is 0 Å². The molecule has 1 unspecified atom stereocenters. The summed E-state index contributed by atoms with van der Waals surface area (Å²) in [6, 6.07) is 0. The van der Waals surface area contributed by atoms with E-state index in [-0.39, 0.29) is 0 Å². The minimum absolute atomic E-state index is 0.505. The highest BCUT2D eigenvalue weighted by Gasteiger charge is 2.16. The molecule has 0 radical (unpaired) electrons. The zero-order valence-electron chi connectivity index (χ0n) is 6.95. The first-order chi connectivity index (χ1) is 6.29. The molecule has 0 amide bonds. The molecule has 6 heteroatoms. The number of aliphatic hydroxyl groups excluding tert-OH is 1. The molecule has 2 aromatic rings. The molecule has 2 heterocycles. The summed E-state index contributed by atoms with van der Waals surface area (Å²) in [7, 11) is 1.78. The molecule has 0 aliphatic carbocycles. The van der Waals surface area contributed by atoms with Crippen LogP contribution in [0.1, 0.15) is 17.6 Å². The van der Waals surface area contributed by atoms with Crippen molar-refractivity contribution < 1.29 is 5.11 Å². The van der Waals surface area contributed by atoms with Crippen LogP contribution < -0.4 is 0 Å². The summed E-state index contributed by atoms with van der Waals surface area (Å²) in [5.74, 6) is 0.505. The van der Waals surface area contributed by atoms with Crippen LogP contribution in [-0.2, 0) is 7.05 Å². The molecule has 0 spiro atoms. The molecule has 68 valence electrons. The van der Waals surface area contributed by atoms with Gasteiger partial charge in [-0.15, -0.1) is 21.5 Å². The van der Waals surface area contributed by atoms with Crippen LogP contribution in [0.5, 0.6) is 0 Å². The predicted octanol–water partition coefficient (Wildman–Crippen LogP) is 0.353. The topological polar surface area (TPSA) is 63.8 Å². The van der Waals surface area contributed by atoms with Gasteiger partial charge in [-0.2, -0.15) is 0 Å². The first kappa shape index (κ1) is 8.33. The van der Waals surface area contributed by atoms with E-state index in [0.717, 1.165) is 0 Å². The van der Waals surface area contributed by atoms with Crippen LogP contribution in [0.2, 0.25) is 0 Å². The smallest absolute Gasteiger partial charge is 0.167 e. The van der Waals surface area contributed by atoms with Crippen molar-refractivity contribution in [3.8, 4) is 0 Å². The number of hydrogen-bond acceptors (Lipinski definition) is 5. The van der Waals surface area contributed by atoms with Gasteiger partial charge in [-0.05, 0) is 0 Å². The van der Waals surface area contributed by atoms with Gasteiger partial charge >= 0.3 is 0 Å². The molecule has 13 heavy (non-hydrogen) atoms. The van der Waals surface area contributed by atoms with Gasteiger partial charge in [-0.25, -0.2) is 4.98 Å². The molecule has 0 bridgehead atoms. The fourth-order valence-electron chi connectivity index (χ4n) is 1.03. The van der Waals surface area contributed by atoms with Crippen molar-refractivity contribution >= 4 is 11.3 Å². The molecule has 0 saturated carbocycles. The first-order valence-corrected chi connectivity index (χ1v) is 4.63. The van der Waals surface area contributed by atoms with Gasteiger partial charge in [0, 0.05) is 12.4 Å². The highest BCUT2D eigenvalue weighted by molar-refractivity contribution is 7.07. The minimum Gasteiger partial charge on any atom is -0.379 e. The maximum absolute atomic E-state index is 9.77. The van der Waals surface area contributed by atoms with Gasteiger partial charge in [-0.3, -0.25) is 0 Å². The van der Waals surface area contributed by atoms with Gasteiger partial charge in [0.05, 0.1) is 11.2 Å². The lowest BCUT2D eigenvalue weighted by Crippen LogP contribution is -2.06. The maximum atomic E-state index is 9.77. The summed E-state index contributed by atoms with van der Waals surface area (Å²) in [5, 5.41) is 19.0. The van der Waals surface area contributed by atoms with Crippen LogP contribution in [0.3, 0.4) is 0 Å². The van der Waals surface area contributed by atoms with Crippen molar-refractivity contribution in [1.29, 1.82) is 0 Å². The van der Waals surface area contributed by atoms with Crippen LogP contribution in [0, 0.1) is 0 Å². The average molecular weight is 196 g/mol. The van der Waals surface area contributed by atoms with E-state index in [1.165, 1.54) is 11.3 Å². The molecule has 1 N–H and O–H groups in total. The lowest BCUT2D eigenvalue weighted by molar-refractivity contribution is 0.201. The molecule has 0 aliphatic rings. The SMILES string of the molecule is Cn1cnnc1C(O)c1cscn1. The Bertz CT molecular complexity index is 383. The van der Waals surface area contributed by atoms with Gasteiger partial charge in [0.15, 0.2) is 11.9 Å². The highest BCUT2D eigenvalue weighted by atomic mass is 32.1. The van der Waals surface area contributed by atoms with Crippen LogP contribution in [0.25, 0.3) is 0 Å². The van der Waals surface area contributed by atoms with Crippen LogP contribution in [0.15, 0.2) is 17.2 Å². The van der Waals surface area contributed by atoms with Gasteiger partial charge in [-0.1, -0.05) is 0 Å². The summed E-state index contributed by atoms with van der Waals surface area (Å²) in [4.78, 5) is 4.00. The van der Waals surface area contributed by atoms with Crippen molar-refractivity contribution in [1.82, 2.24) is 19.7 Å². The van der Waals surface area contributed by atoms with Crippen molar-refractivity contribution in [3.05, 3.63) is 28.7 Å². The van der Waals surface area contributed by atoms with Gasteiger partial charge < -0.3 is 9.67 Å². The third kappa shape index (κ3) is 1.45. The van der Waals surface area contributed by atoms with E-state index in [9.17, 15) is 5.11 Å². The molecule has 0 aromatic carbocycles. The summed E-state index contributed by atoms with van der Waals surface area (Å²) < 4.78 is 1.67. The number of rotatable bonds is 2. The van der Waals surface area contributed by atoms with Crippen LogP contribution in [0.4, 0.5) is 0 Å². The van der Waals surface area contributed by atoms with Crippen LogP contribution in [-0.4, -0.2) is 24.9 Å². The second kappa shape index (κ2) is 3.23. The molecule has 0 fully saturated rings. The van der Waals surface area contributed by atoms with Gasteiger partial charge in [0.1, 0.15) is 6.33 Å². The second-order valence-electron chi connectivity index (χ2n) is 2.62. The Labute approximate surface area is 78.7 Å². The highest BCUT2D eigenvalue weighted by Crippen LogP contribution is 2.18. The standard InChI is InChI=1S/C7H8N4OS/c1-11-3-9-10-7(11)6(12)5-2-13-4-8-5/h2-4,6,12H,1H3. The predicted molar refractivity (Wildman–Crippen MR) is 47.2 cm³/mol. The Morgan fingerprint density at radius 3 is 3.00 bits per heavy atom.